The van der Waals surface area contributed by atoms with E-state index in [1.807, 2.05) is 20.8 Å². The molecule has 100 valence electrons. The lowest BCUT2D eigenvalue weighted by molar-refractivity contribution is -0.121. The van der Waals surface area contributed by atoms with Crippen molar-refractivity contribution < 1.29 is 15.0 Å². The van der Waals surface area contributed by atoms with E-state index in [9.17, 15) is 9.90 Å². The molecular weight excluding hydrogens is 228 g/mol. The van der Waals surface area contributed by atoms with E-state index in [1.165, 1.54) is 6.08 Å². The van der Waals surface area contributed by atoms with Crippen LogP contribution in [0.25, 0.3) is 0 Å². The van der Waals surface area contributed by atoms with Gasteiger partial charge in [0.05, 0.1) is 6.61 Å². The molecule has 0 unspecified atom stereocenters. The number of hydrogen-bond acceptors (Lipinski definition) is 3. The molecule has 1 aliphatic rings. The molecule has 18 heavy (non-hydrogen) atoms. The summed E-state index contributed by atoms with van der Waals surface area (Å²) in [6.45, 7) is 7.38. The van der Waals surface area contributed by atoms with Crippen LogP contribution in [0, 0.1) is 5.41 Å². The molecule has 0 aromatic heterocycles. The monoisotopic (exact) mass is 250 g/mol. The summed E-state index contributed by atoms with van der Waals surface area (Å²) in [5.41, 5.74) is -0.104. The predicted octanol–water partition coefficient (Wildman–Crippen LogP) is 2.16. The third kappa shape index (κ3) is 2.79. The molecule has 0 saturated heterocycles. The lowest BCUT2D eigenvalue weighted by Gasteiger charge is -2.44. The number of carbonyl (C=O) groups excluding carboxylic acids is 1. The van der Waals surface area contributed by atoms with Gasteiger partial charge in [-0.2, -0.15) is 0 Å². The van der Waals surface area contributed by atoms with Gasteiger partial charge in [-0.05, 0) is 31.6 Å². The van der Waals surface area contributed by atoms with Crippen LogP contribution in [0.3, 0.4) is 0 Å². The van der Waals surface area contributed by atoms with Crippen molar-refractivity contribution in [1.29, 1.82) is 0 Å². The normalized spacial score (nSPS) is 28.7. The van der Waals surface area contributed by atoms with E-state index < -0.39 is 11.0 Å². The topological polar surface area (TPSA) is 57.5 Å². The van der Waals surface area contributed by atoms with Gasteiger partial charge in [-0.3, -0.25) is 4.79 Å². The first-order valence-corrected chi connectivity index (χ1v) is 6.14. The van der Waals surface area contributed by atoms with Crippen LogP contribution in [0.5, 0.6) is 0 Å². The number of hydrogen-bond donors (Lipinski definition) is 2. The van der Waals surface area contributed by atoms with E-state index in [-0.39, 0.29) is 12.4 Å². The first-order valence-electron chi connectivity index (χ1n) is 6.14. The maximum atomic E-state index is 11.6. The van der Waals surface area contributed by atoms with E-state index in [2.05, 4.69) is 0 Å². The van der Waals surface area contributed by atoms with E-state index in [4.69, 9.17) is 5.11 Å². The highest BCUT2D eigenvalue weighted by atomic mass is 16.3. The Bertz CT molecular complexity index is 427. The van der Waals surface area contributed by atoms with Gasteiger partial charge in [0.15, 0.2) is 5.78 Å². The second-order valence-electron chi connectivity index (χ2n) is 5.58. The highest BCUT2D eigenvalue weighted by Gasteiger charge is 2.46. The number of aliphatic hydroxyl groups excluding tert-OH is 1. The average Bonchev–Trinajstić information content (AvgIpc) is 2.23. The van der Waals surface area contributed by atoms with E-state index >= 15 is 0 Å². The number of carbonyl (C=O) groups is 1. The number of aliphatic hydroxyl groups is 2. The molecular formula is C15H22O3. The van der Waals surface area contributed by atoms with E-state index in [0.717, 1.165) is 5.57 Å². The number of allylic oxidation sites excluding steroid dienone is 3. The second kappa shape index (κ2) is 5.21. The van der Waals surface area contributed by atoms with Crippen molar-refractivity contribution in [1.82, 2.24) is 0 Å². The third-order valence-electron chi connectivity index (χ3n) is 3.63. The Morgan fingerprint density at radius 3 is 2.61 bits per heavy atom. The van der Waals surface area contributed by atoms with E-state index in [1.54, 1.807) is 25.2 Å². The summed E-state index contributed by atoms with van der Waals surface area (Å²) in [5.74, 6) is 0.0539. The van der Waals surface area contributed by atoms with Gasteiger partial charge in [-0.25, -0.2) is 0 Å². The molecule has 1 aliphatic carbocycles. The summed E-state index contributed by atoms with van der Waals surface area (Å²) < 4.78 is 0. The van der Waals surface area contributed by atoms with Crippen molar-refractivity contribution in [2.45, 2.75) is 39.7 Å². The van der Waals surface area contributed by atoms with Crippen LogP contribution in [0.4, 0.5) is 0 Å². The lowest BCUT2D eigenvalue weighted by Crippen LogP contribution is -2.48. The SMILES string of the molecule is CC1=CC(=O)CC(C)(C)[C@]1(O)/C=C/C(C)=C\CO. The summed E-state index contributed by atoms with van der Waals surface area (Å²) in [6, 6.07) is 0. The fourth-order valence-electron chi connectivity index (χ4n) is 2.33. The molecule has 1 atom stereocenters. The molecule has 0 aromatic carbocycles. The molecule has 0 fully saturated rings. The molecule has 0 aromatic rings. The smallest absolute Gasteiger partial charge is 0.156 e. The summed E-state index contributed by atoms with van der Waals surface area (Å²) in [7, 11) is 0. The molecule has 2 N–H and O–H groups in total. The predicted molar refractivity (Wildman–Crippen MR) is 72.1 cm³/mol. The second-order valence-corrected chi connectivity index (χ2v) is 5.58. The Morgan fingerprint density at radius 2 is 2.11 bits per heavy atom. The van der Waals surface area contributed by atoms with Gasteiger partial charge in [0.1, 0.15) is 5.60 Å². The fraction of sp³-hybridized carbons (Fsp3) is 0.533. The molecule has 0 bridgehead atoms. The maximum Gasteiger partial charge on any atom is 0.156 e. The summed E-state index contributed by atoms with van der Waals surface area (Å²) >= 11 is 0. The minimum absolute atomic E-state index is 0.0225. The Kier molecular flexibility index (Phi) is 4.30. The first-order chi connectivity index (χ1) is 8.23. The molecule has 3 nitrogen and oxygen atoms in total. The van der Waals surface area contributed by atoms with Crippen molar-refractivity contribution in [3.8, 4) is 0 Å². The van der Waals surface area contributed by atoms with Crippen molar-refractivity contribution >= 4 is 5.78 Å². The number of rotatable bonds is 3. The zero-order chi connectivity index (χ0) is 14.0. The first kappa shape index (κ1) is 14.9. The number of ketones is 1. The minimum Gasteiger partial charge on any atom is -0.392 e. The Morgan fingerprint density at radius 1 is 1.50 bits per heavy atom. The minimum atomic E-state index is -1.12. The fourth-order valence-corrected chi connectivity index (χ4v) is 2.33. The van der Waals surface area contributed by atoms with Gasteiger partial charge >= 0.3 is 0 Å². The van der Waals surface area contributed by atoms with Gasteiger partial charge < -0.3 is 10.2 Å². The van der Waals surface area contributed by atoms with Crippen molar-refractivity contribution in [2.24, 2.45) is 5.41 Å². The van der Waals surface area contributed by atoms with Gasteiger partial charge in [-0.15, -0.1) is 0 Å². The van der Waals surface area contributed by atoms with Crippen molar-refractivity contribution in [2.75, 3.05) is 6.61 Å². The van der Waals surface area contributed by atoms with Crippen molar-refractivity contribution in [3.05, 3.63) is 35.5 Å². The van der Waals surface area contributed by atoms with Crippen LogP contribution >= 0.6 is 0 Å². The molecule has 0 saturated carbocycles. The molecule has 0 heterocycles. The third-order valence-corrected chi connectivity index (χ3v) is 3.63. The zero-order valence-corrected chi connectivity index (χ0v) is 11.5. The largest absolute Gasteiger partial charge is 0.392 e. The van der Waals surface area contributed by atoms with Gasteiger partial charge in [-0.1, -0.05) is 31.6 Å². The van der Waals surface area contributed by atoms with Crippen molar-refractivity contribution in [3.63, 3.8) is 0 Å². The molecule has 0 amide bonds. The van der Waals surface area contributed by atoms with Crippen LogP contribution in [0.15, 0.2) is 35.5 Å². The standard InChI is InChI=1S/C15H22O3/c1-11(6-8-16)5-7-15(18)12(2)9-13(17)10-14(15,3)4/h5-7,9,16,18H,8,10H2,1-4H3/b7-5+,11-6-/t15-/m0/s1. The van der Waals surface area contributed by atoms with Crippen LogP contribution in [-0.2, 0) is 4.79 Å². The Balaban J connectivity index is 3.13. The molecule has 3 heteroatoms. The van der Waals surface area contributed by atoms with E-state index in [0.29, 0.717) is 12.0 Å². The maximum absolute atomic E-state index is 11.6. The van der Waals surface area contributed by atoms with Gasteiger partial charge in [0.2, 0.25) is 0 Å². The zero-order valence-electron chi connectivity index (χ0n) is 11.5. The van der Waals surface area contributed by atoms with Crippen LogP contribution in [-0.4, -0.2) is 28.2 Å². The Hall–Kier alpha value is -1.19. The molecule has 1 rings (SSSR count). The Labute approximate surface area is 109 Å². The van der Waals surface area contributed by atoms with Crippen LogP contribution in [0.2, 0.25) is 0 Å². The summed E-state index contributed by atoms with van der Waals surface area (Å²) in [5, 5.41) is 19.6. The van der Waals surface area contributed by atoms with Crippen LogP contribution < -0.4 is 0 Å². The highest BCUT2D eigenvalue weighted by molar-refractivity contribution is 5.92. The molecule has 0 radical (unpaired) electrons. The summed E-state index contributed by atoms with van der Waals surface area (Å²) in [6.07, 6.45) is 7.01. The molecule has 0 aliphatic heterocycles. The average molecular weight is 250 g/mol. The lowest BCUT2D eigenvalue weighted by atomic mass is 9.64. The van der Waals surface area contributed by atoms with Gasteiger partial charge in [0, 0.05) is 11.8 Å². The highest BCUT2D eigenvalue weighted by Crippen LogP contribution is 2.44. The quantitative estimate of drug-likeness (QED) is 0.755. The summed E-state index contributed by atoms with van der Waals surface area (Å²) in [4.78, 5) is 11.6. The van der Waals surface area contributed by atoms with Gasteiger partial charge in [0.25, 0.3) is 0 Å². The molecule has 0 spiro atoms. The van der Waals surface area contributed by atoms with Crippen LogP contribution in [0.1, 0.15) is 34.1 Å².